The number of aryl methyl sites for hydroxylation is 4. The molecule has 7 nitrogen and oxygen atoms in total. The zero-order chi connectivity index (χ0) is 29.3. The molecule has 0 spiro atoms. The highest BCUT2D eigenvalue weighted by atomic mass is 32.2. The van der Waals surface area contributed by atoms with Crippen molar-refractivity contribution >= 4 is 35.4 Å². The maximum absolute atomic E-state index is 14.1. The number of hydrogen-bond acceptors (Lipinski definition) is 5. The van der Waals surface area contributed by atoms with Gasteiger partial charge in [-0.2, -0.15) is 11.8 Å². The van der Waals surface area contributed by atoms with Crippen molar-refractivity contribution in [2.45, 2.75) is 72.6 Å². The molecule has 0 aliphatic heterocycles. The van der Waals surface area contributed by atoms with Gasteiger partial charge in [0, 0.05) is 12.2 Å². The van der Waals surface area contributed by atoms with Crippen molar-refractivity contribution in [2.24, 2.45) is 0 Å². The third-order valence-corrected chi connectivity index (χ3v) is 6.70. The van der Waals surface area contributed by atoms with Crippen molar-refractivity contribution in [2.75, 3.05) is 23.9 Å². The Bertz CT molecular complexity index is 1150. The number of alkyl carbamates (subject to hydrolysis) is 1. The molecule has 212 valence electrons. The largest absolute Gasteiger partial charge is 0.444 e. The Hall–Kier alpha value is -3.26. The molecule has 0 aromatic heterocycles. The summed E-state index contributed by atoms with van der Waals surface area (Å²) in [6, 6.07) is 9.84. The fraction of sp³-hybridized carbons (Fsp3) is 0.452. The quantitative estimate of drug-likeness (QED) is 0.321. The average molecular weight is 554 g/mol. The number of rotatable bonds is 11. The zero-order valence-corrected chi connectivity index (χ0v) is 25.3. The summed E-state index contributed by atoms with van der Waals surface area (Å²) < 4.78 is 5.44. The molecule has 2 atom stereocenters. The molecule has 0 fully saturated rings. The van der Waals surface area contributed by atoms with Crippen LogP contribution in [0.2, 0.25) is 0 Å². The Labute approximate surface area is 237 Å². The number of ether oxygens (including phenoxy) is 1. The summed E-state index contributed by atoms with van der Waals surface area (Å²) in [6.45, 7) is 17.1. The van der Waals surface area contributed by atoms with E-state index >= 15 is 0 Å². The van der Waals surface area contributed by atoms with Gasteiger partial charge in [0.1, 0.15) is 17.7 Å². The first-order chi connectivity index (χ1) is 18.3. The van der Waals surface area contributed by atoms with Gasteiger partial charge >= 0.3 is 6.09 Å². The maximum atomic E-state index is 14.1. The molecule has 3 amide bonds. The lowest BCUT2D eigenvalue weighted by atomic mass is 9.97. The van der Waals surface area contributed by atoms with Crippen LogP contribution < -0.4 is 10.6 Å². The lowest BCUT2D eigenvalue weighted by Gasteiger charge is -2.34. The van der Waals surface area contributed by atoms with E-state index in [0.717, 1.165) is 22.3 Å². The minimum Gasteiger partial charge on any atom is -0.444 e. The second kappa shape index (κ2) is 14.2. The third-order valence-electron chi connectivity index (χ3n) is 6.06. The van der Waals surface area contributed by atoms with Gasteiger partial charge in [0.25, 0.3) is 5.91 Å². The van der Waals surface area contributed by atoms with E-state index in [9.17, 15) is 14.4 Å². The topological polar surface area (TPSA) is 87.7 Å². The molecule has 8 heteroatoms. The summed E-state index contributed by atoms with van der Waals surface area (Å²) in [5, 5.41) is 5.83. The summed E-state index contributed by atoms with van der Waals surface area (Å²) >= 11 is 1.57. The molecule has 0 aliphatic carbocycles. The third kappa shape index (κ3) is 9.46. The van der Waals surface area contributed by atoms with Gasteiger partial charge in [-0.05, 0) is 83.6 Å². The van der Waals surface area contributed by atoms with Crippen molar-refractivity contribution in [3.63, 3.8) is 0 Å². The van der Waals surface area contributed by atoms with Crippen LogP contribution in [0.3, 0.4) is 0 Å². The van der Waals surface area contributed by atoms with Crippen molar-refractivity contribution in [3.05, 3.63) is 76.9 Å². The Morgan fingerprint density at radius 1 is 1.05 bits per heavy atom. The summed E-state index contributed by atoms with van der Waals surface area (Å²) in [7, 11) is 0. The second-order valence-corrected chi connectivity index (χ2v) is 11.8. The highest BCUT2D eigenvalue weighted by molar-refractivity contribution is 7.98. The molecule has 2 unspecified atom stereocenters. The SMILES string of the molecule is C=CCN(C(=O)C(CCSC)NC(=O)OC(C)(C)C)C(C(=O)Nc1c(C)cccc1C)c1cc(C)cc(C)c1. The van der Waals surface area contributed by atoms with Crippen LogP contribution >= 0.6 is 11.8 Å². The van der Waals surface area contributed by atoms with Crippen molar-refractivity contribution in [3.8, 4) is 0 Å². The Morgan fingerprint density at radius 2 is 1.64 bits per heavy atom. The highest BCUT2D eigenvalue weighted by Crippen LogP contribution is 2.28. The molecule has 2 aromatic rings. The molecule has 0 radical (unpaired) electrons. The lowest BCUT2D eigenvalue weighted by molar-refractivity contribution is -0.140. The minimum atomic E-state index is -0.953. The van der Waals surface area contributed by atoms with Crippen LogP contribution in [-0.4, -0.2) is 53.0 Å². The van der Waals surface area contributed by atoms with Gasteiger partial charge in [-0.3, -0.25) is 9.59 Å². The highest BCUT2D eigenvalue weighted by Gasteiger charge is 2.36. The number of anilines is 1. The van der Waals surface area contributed by atoms with E-state index in [1.54, 1.807) is 38.6 Å². The van der Waals surface area contributed by atoms with Gasteiger partial charge in [-0.1, -0.05) is 53.6 Å². The van der Waals surface area contributed by atoms with Gasteiger partial charge in [0.2, 0.25) is 5.91 Å². The summed E-state index contributed by atoms with van der Waals surface area (Å²) in [6.07, 6.45) is 3.24. The predicted octanol–water partition coefficient (Wildman–Crippen LogP) is 6.26. The summed E-state index contributed by atoms with van der Waals surface area (Å²) in [5.74, 6) is -0.0826. The molecular weight excluding hydrogens is 510 g/mol. The second-order valence-electron chi connectivity index (χ2n) is 10.8. The number of amides is 3. The average Bonchev–Trinajstić information content (AvgIpc) is 2.81. The summed E-state index contributed by atoms with van der Waals surface area (Å²) in [5.41, 5.74) is 4.49. The molecule has 0 aliphatic rings. The van der Waals surface area contributed by atoms with E-state index in [2.05, 4.69) is 17.2 Å². The molecule has 0 bridgehead atoms. The Morgan fingerprint density at radius 3 is 2.15 bits per heavy atom. The normalized spacial score (nSPS) is 12.7. The first-order valence-corrected chi connectivity index (χ1v) is 14.5. The van der Waals surface area contributed by atoms with Crippen LogP contribution in [0, 0.1) is 27.7 Å². The van der Waals surface area contributed by atoms with Crippen LogP contribution in [-0.2, 0) is 14.3 Å². The molecule has 2 rings (SSSR count). The fourth-order valence-corrected chi connectivity index (χ4v) is 4.92. The van der Waals surface area contributed by atoms with E-state index in [1.807, 2.05) is 70.3 Å². The van der Waals surface area contributed by atoms with E-state index < -0.39 is 23.8 Å². The number of nitrogens with one attached hydrogen (secondary N) is 2. The number of carbonyl (C=O) groups is 3. The molecule has 2 aromatic carbocycles. The first-order valence-electron chi connectivity index (χ1n) is 13.1. The van der Waals surface area contributed by atoms with E-state index in [1.165, 1.54) is 4.90 Å². The molecule has 0 saturated heterocycles. The smallest absolute Gasteiger partial charge is 0.408 e. The van der Waals surface area contributed by atoms with Gasteiger partial charge in [0.05, 0.1) is 0 Å². The molecule has 0 saturated carbocycles. The van der Waals surface area contributed by atoms with Gasteiger partial charge < -0.3 is 20.3 Å². The van der Waals surface area contributed by atoms with Gasteiger partial charge in [-0.15, -0.1) is 6.58 Å². The number of benzene rings is 2. The van der Waals surface area contributed by atoms with Crippen LogP contribution in [0.25, 0.3) is 0 Å². The number of carbonyl (C=O) groups excluding carboxylic acids is 3. The van der Waals surface area contributed by atoms with Crippen LogP contribution in [0.15, 0.2) is 49.1 Å². The minimum absolute atomic E-state index is 0.114. The van der Waals surface area contributed by atoms with E-state index in [-0.39, 0.29) is 18.4 Å². The number of para-hydroxylation sites is 1. The number of nitrogens with zero attached hydrogens (tertiary/aromatic N) is 1. The standard InChI is InChI=1S/C31H43N3O4S/c1-10-15-34(29(36)25(14-16-39-9)32-30(37)38-31(6,7)8)27(24-18-20(2)17-21(3)19-24)28(35)33-26-22(4)12-11-13-23(26)5/h10-13,17-19,25,27H,1,14-16H2,2-9H3,(H,32,37)(H,33,35). The zero-order valence-electron chi connectivity index (χ0n) is 24.5. The van der Waals surface area contributed by atoms with E-state index in [0.29, 0.717) is 23.4 Å². The monoisotopic (exact) mass is 553 g/mol. The lowest BCUT2D eigenvalue weighted by Crippen LogP contribution is -2.52. The van der Waals surface area contributed by atoms with Crippen LogP contribution in [0.5, 0.6) is 0 Å². The number of hydrogen-bond donors (Lipinski definition) is 2. The Kier molecular flexibility index (Phi) is 11.6. The van der Waals surface area contributed by atoms with Gasteiger partial charge in [-0.25, -0.2) is 4.79 Å². The Balaban J connectivity index is 2.58. The molecule has 39 heavy (non-hydrogen) atoms. The molecule has 0 heterocycles. The van der Waals surface area contributed by atoms with Crippen molar-refractivity contribution in [1.82, 2.24) is 10.2 Å². The predicted molar refractivity (Wildman–Crippen MR) is 161 cm³/mol. The summed E-state index contributed by atoms with van der Waals surface area (Å²) in [4.78, 5) is 42.4. The van der Waals surface area contributed by atoms with Crippen molar-refractivity contribution < 1.29 is 19.1 Å². The fourth-order valence-electron chi connectivity index (χ4n) is 4.45. The van der Waals surface area contributed by atoms with Crippen LogP contribution in [0.4, 0.5) is 10.5 Å². The number of thioether (sulfide) groups is 1. The first kappa shape index (κ1) is 32.0. The molecular formula is C31H43N3O4S. The van der Waals surface area contributed by atoms with Crippen LogP contribution in [0.1, 0.15) is 61.1 Å². The maximum Gasteiger partial charge on any atom is 0.408 e. The van der Waals surface area contributed by atoms with Crippen molar-refractivity contribution in [1.29, 1.82) is 0 Å². The van der Waals surface area contributed by atoms with E-state index in [4.69, 9.17) is 4.74 Å². The molecule has 2 N–H and O–H groups in total. The van der Waals surface area contributed by atoms with Gasteiger partial charge in [0.15, 0.2) is 0 Å².